The largest absolute Gasteiger partial charge is 0.462 e. The molecule has 0 saturated carbocycles. The van der Waals surface area contributed by atoms with Crippen molar-refractivity contribution in [2.75, 3.05) is 13.2 Å². The topological polar surface area (TPSA) is 78.9 Å². The van der Waals surface area contributed by atoms with Crippen molar-refractivity contribution >= 4 is 17.9 Å². The van der Waals surface area contributed by atoms with Gasteiger partial charge in [0, 0.05) is 19.3 Å². The monoisotopic (exact) mass is 1150 g/mol. The lowest BCUT2D eigenvalue weighted by Crippen LogP contribution is -2.30. The molecule has 484 valence electrons. The number of unbranched alkanes of at least 4 members (excludes halogenated alkanes) is 55. The van der Waals surface area contributed by atoms with Crippen LogP contribution in [-0.4, -0.2) is 37.2 Å². The van der Waals surface area contributed by atoms with Gasteiger partial charge in [-0.3, -0.25) is 14.4 Å². The van der Waals surface area contributed by atoms with Crippen molar-refractivity contribution in [1.29, 1.82) is 0 Å². The summed E-state index contributed by atoms with van der Waals surface area (Å²) in [5.41, 5.74) is 0. The van der Waals surface area contributed by atoms with Gasteiger partial charge in [-0.15, -0.1) is 0 Å². The van der Waals surface area contributed by atoms with Gasteiger partial charge in [0.2, 0.25) is 0 Å². The van der Waals surface area contributed by atoms with Crippen LogP contribution in [0.3, 0.4) is 0 Å². The van der Waals surface area contributed by atoms with Gasteiger partial charge >= 0.3 is 17.9 Å². The van der Waals surface area contributed by atoms with Gasteiger partial charge in [0.1, 0.15) is 13.2 Å². The maximum Gasteiger partial charge on any atom is 0.306 e. The fourth-order valence-corrected chi connectivity index (χ4v) is 11.6. The molecule has 0 fully saturated rings. The number of hydrogen-bond donors (Lipinski definition) is 0. The summed E-state index contributed by atoms with van der Waals surface area (Å²) in [4.78, 5) is 38.4. The number of allylic oxidation sites excluding steroid dienone is 4. The van der Waals surface area contributed by atoms with Gasteiger partial charge in [-0.05, 0) is 44.9 Å². The predicted octanol–water partition coefficient (Wildman–Crippen LogP) is 25.7. The van der Waals surface area contributed by atoms with Crippen LogP contribution in [-0.2, 0) is 28.6 Å². The average molecular weight is 1150 g/mol. The van der Waals surface area contributed by atoms with E-state index in [9.17, 15) is 14.4 Å². The summed E-state index contributed by atoms with van der Waals surface area (Å²) < 4.78 is 17.0. The SMILES string of the molecule is CCCC/C=C\C/C=C\CCCCCCCC(=O)OCC(COC(=O)CCCCCCCCCCCCCCCCCCCCCCCCCCCCCCCCCCCC)OC(=O)CCCCCCCCCCCCCCCCCC. The molecule has 1 unspecified atom stereocenters. The third-order valence-electron chi connectivity index (χ3n) is 17.2. The number of ether oxygens (including phenoxy) is 3. The van der Waals surface area contributed by atoms with Gasteiger partial charge in [0.15, 0.2) is 6.10 Å². The summed E-state index contributed by atoms with van der Waals surface area (Å²) in [5.74, 6) is -0.852. The lowest BCUT2D eigenvalue weighted by Gasteiger charge is -2.18. The molecule has 6 nitrogen and oxygen atoms in total. The van der Waals surface area contributed by atoms with E-state index in [0.29, 0.717) is 19.3 Å². The molecule has 0 aromatic carbocycles. The standard InChI is InChI=1S/C76H144O6/c1-4-7-10-13-16-19-22-25-28-30-31-32-33-34-35-36-37-38-39-40-41-42-43-44-45-46-47-49-51-54-57-60-63-66-69-75(78)81-72-73(71-80-74(77)68-65-62-59-56-53-50-27-24-21-18-15-12-9-6-3)82-76(79)70-67-64-61-58-55-52-48-29-26-23-20-17-14-11-8-5-2/h15,18,24,27,73H,4-14,16-17,19-23,25-26,28-72H2,1-3H3/b18-15-,27-24-. The highest BCUT2D eigenvalue weighted by molar-refractivity contribution is 5.71. The van der Waals surface area contributed by atoms with Crippen molar-refractivity contribution in [1.82, 2.24) is 0 Å². The van der Waals surface area contributed by atoms with E-state index in [1.165, 1.54) is 308 Å². The third-order valence-corrected chi connectivity index (χ3v) is 17.2. The highest BCUT2D eigenvalue weighted by Crippen LogP contribution is 2.20. The summed E-state index contributed by atoms with van der Waals surface area (Å²) in [6, 6.07) is 0. The van der Waals surface area contributed by atoms with E-state index in [4.69, 9.17) is 14.2 Å². The first kappa shape index (κ1) is 79.9. The molecule has 0 aliphatic rings. The molecule has 0 spiro atoms. The molecule has 0 aliphatic heterocycles. The molecule has 0 bridgehead atoms. The van der Waals surface area contributed by atoms with Crippen molar-refractivity contribution in [2.45, 2.75) is 431 Å². The highest BCUT2D eigenvalue weighted by Gasteiger charge is 2.20. The molecule has 82 heavy (non-hydrogen) atoms. The van der Waals surface area contributed by atoms with Crippen molar-refractivity contribution in [3.63, 3.8) is 0 Å². The average Bonchev–Trinajstić information content (AvgIpc) is 3.47. The summed E-state index contributed by atoms with van der Waals surface area (Å²) in [5, 5.41) is 0. The van der Waals surface area contributed by atoms with E-state index in [2.05, 4.69) is 45.1 Å². The zero-order valence-electron chi connectivity index (χ0n) is 55.8. The molecule has 6 heteroatoms. The lowest BCUT2D eigenvalue weighted by molar-refractivity contribution is -0.167. The second kappa shape index (κ2) is 71.4. The number of hydrogen-bond acceptors (Lipinski definition) is 6. The maximum absolute atomic E-state index is 12.9. The van der Waals surface area contributed by atoms with Gasteiger partial charge in [-0.25, -0.2) is 0 Å². The first-order chi connectivity index (χ1) is 40.5. The fraction of sp³-hybridized carbons (Fsp3) is 0.908. The van der Waals surface area contributed by atoms with Gasteiger partial charge < -0.3 is 14.2 Å². The summed E-state index contributed by atoms with van der Waals surface area (Å²) in [6.07, 6.45) is 88.1. The van der Waals surface area contributed by atoms with Crippen LogP contribution in [0.25, 0.3) is 0 Å². The van der Waals surface area contributed by atoms with E-state index >= 15 is 0 Å². The molecular weight excluding hydrogens is 1010 g/mol. The summed E-state index contributed by atoms with van der Waals surface area (Å²) in [6.45, 7) is 6.67. The Morgan fingerprint density at radius 1 is 0.244 bits per heavy atom. The number of esters is 3. The minimum atomic E-state index is -0.774. The smallest absolute Gasteiger partial charge is 0.306 e. The van der Waals surface area contributed by atoms with Gasteiger partial charge in [0.05, 0.1) is 0 Å². The van der Waals surface area contributed by atoms with Crippen molar-refractivity contribution in [2.24, 2.45) is 0 Å². The lowest BCUT2D eigenvalue weighted by atomic mass is 10.0. The molecule has 0 rings (SSSR count). The summed E-state index contributed by atoms with van der Waals surface area (Å²) >= 11 is 0. The Hall–Kier alpha value is -2.11. The van der Waals surface area contributed by atoms with Crippen LogP contribution >= 0.6 is 0 Å². The molecule has 0 saturated heterocycles. The molecule has 0 aliphatic carbocycles. The Kier molecular flexibility index (Phi) is 69.5. The molecule has 0 radical (unpaired) electrons. The molecule has 0 N–H and O–H groups in total. The number of carbonyl (C=O) groups is 3. The second-order valence-electron chi connectivity index (χ2n) is 25.6. The van der Waals surface area contributed by atoms with E-state index < -0.39 is 6.10 Å². The Labute approximate surface area is 513 Å². The zero-order chi connectivity index (χ0) is 59.2. The minimum absolute atomic E-state index is 0.0694. The molecule has 0 aromatic rings. The van der Waals surface area contributed by atoms with Crippen LogP contribution in [0.2, 0.25) is 0 Å². The molecule has 0 heterocycles. The van der Waals surface area contributed by atoms with Crippen molar-refractivity contribution < 1.29 is 28.6 Å². The first-order valence-corrected chi connectivity index (χ1v) is 37.3. The quantitative estimate of drug-likeness (QED) is 0.0261. The Balaban J connectivity index is 4.07. The van der Waals surface area contributed by atoms with E-state index in [0.717, 1.165) is 77.0 Å². The van der Waals surface area contributed by atoms with Gasteiger partial charge in [-0.1, -0.05) is 385 Å². The van der Waals surface area contributed by atoms with Crippen molar-refractivity contribution in [3.05, 3.63) is 24.3 Å². The molecular formula is C76H144O6. The third kappa shape index (κ3) is 68.7. The van der Waals surface area contributed by atoms with Gasteiger partial charge in [-0.2, -0.15) is 0 Å². The van der Waals surface area contributed by atoms with Crippen LogP contribution in [0.1, 0.15) is 425 Å². The molecule has 0 amide bonds. The van der Waals surface area contributed by atoms with Gasteiger partial charge in [0.25, 0.3) is 0 Å². The second-order valence-corrected chi connectivity index (χ2v) is 25.6. The predicted molar refractivity (Wildman–Crippen MR) is 358 cm³/mol. The first-order valence-electron chi connectivity index (χ1n) is 37.3. The number of carbonyl (C=O) groups excluding carboxylic acids is 3. The van der Waals surface area contributed by atoms with E-state index in [-0.39, 0.29) is 31.1 Å². The summed E-state index contributed by atoms with van der Waals surface area (Å²) in [7, 11) is 0. The normalized spacial score (nSPS) is 12.1. The highest BCUT2D eigenvalue weighted by atomic mass is 16.6. The van der Waals surface area contributed by atoms with Crippen LogP contribution in [0.15, 0.2) is 24.3 Å². The van der Waals surface area contributed by atoms with Crippen molar-refractivity contribution in [3.8, 4) is 0 Å². The fourth-order valence-electron chi connectivity index (χ4n) is 11.6. The number of rotatable bonds is 70. The Bertz CT molecular complexity index is 1320. The molecule has 0 aromatic heterocycles. The minimum Gasteiger partial charge on any atom is -0.462 e. The zero-order valence-corrected chi connectivity index (χ0v) is 55.8. The van der Waals surface area contributed by atoms with Crippen LogP contribution in [0, 0.1) is 0 Å². The van der Waals surface area contributed by atoms with Crippen LogP contribution in [0.4, 0.5) is 0 Å². The van der Waals surface area contributed by atoms with E-state index in [1.807, 2.05) is 0 Å². The maximum atomic E-state index is 12.9. The van der Waals surface area contributed by atoms with Crippen LogP contribution < -0.4 is 0 Å². The molecule has 1 atom stereocenters. The van der Waals surface area contributed by atoms with E-state index in [1.54, 1.807) is 0 Å². The van der Waals surface area contributed by atoms with Crippen LogP contribution in [0.5, 0.6) is 0 Å². The Morgan fingerprint density at radius 3 is 0.707 bits per heavy atom. The Morgan fingerprint density at radius 2 is 0.451 bits per heavy atom.